The van der Waals surface area contributed by atoms with E-state index in [9.17, 15) is 8.42 Å². The molecule has 1 N–H and O–H groups in total. The third-order valence-corrected chi connectivity index (χ3v) is 5.18. The van der Waals surface area contributed by atoms with Crippen molar-refractivity contribution in [1.29, 1.82) is 5.26 Å². The van der Waals surface area contributed by atoms with Gasteiger partial charge in [0.1, 0.15) is 17.6 Å². The number of hydrogen-bond acceptors (Lipinski definition) is 5. The van der Waals surface area contributed by atoms with E-state index < -0.39 is 10.0 Å². The van der Waals surface area contributed by atoms with Gasteiger partial charge in [0.05, 0.1) is 28.8 Å². The van der Waals surface area contributed by atoms with Gasteiger partial charge in [0, 0.05) is 18.1 Å². The standard InChI is InChI=1S/C18H18N2O4S/c1-3-23-18-9-14-7-12(2)24-17(14)10-16(18)20-25(21,22)15-6-4-5-13(8-15)11-19/h4-6,8-10,12,20H,3,7H2,1-2H3/t12-/m1/s1. The lowest BCUT2D eigenvalue weighted by atomic mass is 10.1. The highest BCUT2D eigenvalue weighted by atomic mass is 32.2. The number of sulfonamides is 1. The lowest BCUT2D eigenvalue weighted by Gasteiger charge is -2.14. The molecule has 0 spiro atoms. The van der Waals surface area contributed by atoms with E-state index >= 15 is 0 Å². The van der Waals surface area contributed by atoms with E-state index in [0.29, 0.717) is 23.8 Å². The van der Waals surface area contributed by atoms with E-state index in [1.54, 1.807) is 12.1 Å². The molecule has 1 aliphatic rings. The van der Waals surface area contributed by atoms with E-state index in [0.717, 1.165) is 12.0 Å². The topological polar surface area (TPSA) is 88.4 Å². The molecule has 0 fully saturated rings. The van der Waals surface area contributed by atoms with Gasteiger partial charge in [-0.2, -0.15) is 5.26 Å². The molecule has 2 aromatic carbocycles. The minimum Gasteiger partial charge on any atom is -0.492 e. The third kappa shape index (κ3) is 3.54. The van der Waals surface area contributed by atoms with Gasteiger partial charge in [0.2, 0.25) is 0 Å². The molecule has 0 saturated heterocycles. The summed E-state index contributed by atoms with van der Waals surface area (Å²) in [5.74, 6) is 1.11. The molecule has 130 valence electrons. The Balaban J connectivity index is 1.99. The zero-order valence-electron chi connectivity index (χ0n) is 13.9. The van der Waals surface area contributed by atoms with Crippen molar-refractivity contribution in [2.45, 2.75) is 31.3 Å². The second-order valence-corrected chi connectivity index (χ2v) is 7.45. The quantitative estimate of drug-likeness (QED) is 0.887. The first-order valence-electron chi connectivity index (χ1n) is 7.92. The van der Waals surface area contributed by atoms with E-state index in [1.807, 2.05) is 26.0 Å². The first-order chi connectivity index (χ1) is 11.9. The van der Waals surface area contributed by atoms with Crippen LogP contribution in [0.5, 0.6) is 11.5 Å². The highest BCUT2D eigenvalue weighted by molar-refractivity contribution is 7.92. The largest absolute Gasteiger partial charge is 0.492 e. The SMILES string of the molecule is CCOc1cc2c(cc1NS(=O)(=O)c1cccc(C#N)c1)O[C@H](C)C2. The number of hydrogen-bond donors (Lipinski definition) is 1. The summed E-state index contributed by atoms with van der Waals surface area (Å²) >= 11 is 0. The van der Waals surface area contributed by atoms with Crippen LogP contribution in [0.4, 0.5) is 5.69 Å². The average Bonchev–Trinajstić information content (AvgIpc) is 2.94. The van der Waals surface area contributed by atoms with E-state index in [4.69, 9.17) is 14.7 Å². The molecular formula is C18H18N2O4S. The van der Waals surface area contributed by atoms with Crippen molar-refractivity contribution in [3.05, 3.63) is 47.5 Å². The van der Waals surface area contributed by atoms with Gasteiger partial charge in [0.15, 0.2) is 0 Å². The summed E-state index contributed by atoms with van der Waals surface area (Å²) < 4.78 is 39.2. The van der Waals surface area contributed by atoms with Gasteiger partial charge in [-0.05, 0) is 38.1 Å². The molecule has 25 heavy (non-hydrogen) atoms. The van der Waals surface area contributed by atoms with Crippen LogP contribution >= 0.6 is 0 Å². The Morgan fingerprint density at radius 3 is 2.88 bits per heavy atom. The maximum Gasteiger partial charge on any atom is 0.262 e. The Kier molecular flexibility index (Phi) is 4.55. The molecule has 2 aromatic rings. The summed E-state index contributed by atoms with van der Waals surface area (Å²) in [7, 11) is -3.85. The molecule has 0 saturated carbocycles. The molecule has 0 unspecified atom stereocenters. The number of fused-ring (bicyclic) bond motifs is 1. The molecule has 0 amide bonds. The van der Waals surface area contributed by atoms with E-state index in [1.165, 1.54) is 18.2 Å². The Labute approximate surface area is 147 Å². The Bertz CT molecular complexity index is 948. The Morgan fingerprint density at radius 1 is 1.36 bits per heavy atom. The van der Waals surface area contributed by atoms with E-state index in [2.05, 4.69) is 4.72 Å². The van der Waals surface area contributed by atoms with Crippen LogP contribution in [-0.4, -0.2) is 21.1 Å². The lowest BCUT2D eigenvalue weighted by molar-refractivity contribution is 0.254. The smallest absolute Gasteiger partial charge is 0.262 e. The van der Waals surface area contributed by atoms with Crippen LogP contribution < -0.4 is 14.2 Å². The first-order valence-corrected chi connectivity index (χ1v) is 9.40. The van der Waals surface area contributed by atoms with Crippen molar-refractivity contribution in [3.63, 3.8) is 0 Å². The summed E-state index contributed by atoms with van der Waals surface area (Å²) in [6, 6.07) is 11.2. The fraction of sp³-hybridized carbons (Fsp3) is 0.278. The molecule has 6 nitrogen and oxygen atoms in total. The fourth-order valence-corrected chi connectivity index (χ4v) is 3.84. The monoisotopic (exact) mass is 358 g/mol. The van der Waals surface area contributed by atoms with Crippen LogP contribution in [0.25, 0.3) is 0 Å². The van der Waals surface area contributed by atoms with E-state index in [-0.39, 0.29) is 16.6 Å². The van der Waals surface area contributed by atoms with Crippen molar-refractivity contribution in [2.24, 2.45) is 0 Å². The van der Waals surface area contributed by atoms with Crippen LogP contribution in [-0.2, 0) is 16.4 Å². The Morgan fingerprint density at radius 2 is 2.16 bits per heavy atom. The van der Waals surface area contributed by atoms with Crippen LogP contribution in [0.1, 0.15) is 25.0 Å². The summed E-state index contributed by atoms with van der Waals surface area (Å²) in [4.78, 5) is 0.0174. The number of benzene rings is 2. The number of rotatable bonds is 5. The van der Waals surface area contributed by atoms with Crippen molar-refractivity contribution < 1.29 is 17.9 Å². The Hall–Kier alpha value is -2.72. The molecule has 1 heterocycles. The van der Waals surface area contributed by atoms with Crippen LogP contribution in [0.15, 0.2) is 41.3 Å². The second kappa shape index (κ2) is 6.65. The predicted octanol–water partition coefficient (Wildman–Crippen LogP) is 3.08. The summed E-state index contributed by atoms with van der Waals surface area (Å²) in [6.07, 6.45) is 0.802. The summed E-state index contributed by atoms with van der Waals surface area (Å²) in [6.45, 7) is 4.20. The van der Waals surface area contributed by atoms with Crippen molar-refractivity contribution in [1.82, 2.24) is 0 Å². The van der Waals surface area contributed by atoms with Gasteiger partial charge in [-0.1, -0.05) is 6.07 Å². The second-order valence-electron chi connectivity index (χ2n) is 5.77. The van der Waals surface area contributed by atoms with Gasteiger partial charge in [-0.25, -0.2) is 8.42 Å². The van der Waals surface area contributed by atoms with Crippen molar-refractivity contribution in [2.75, 3.05) is 11.3 Å². The van der Waals surface area contributed by atoms with Crippen molar-refractivity contribution >= 4 is 15.7 Å². The zero-order valence-corrected chi connectivity index (χ0v) is 14.8. The molecule has 1 atom stereocenters. The normalized spacial score (nSPS) is 15.8. The highest BCUT2D eigenvalue weighted by Crippen LogP contribution is 2.38. The van der Waals surface area contributed by atoms with Crippen LogP contribution in [0.3, 0.4) is 0 Å². The van der Waals surface area contributed by atoms with Crippen LogP contribution in [0.2, 0.25) is 0 Å². The van der Waals surface area contributed by atoms with Gasteiger partial charge >= 0.3 is 0 Å². The minimum atomic E-state index is -3.85. The molecule has 7 heteroatoms. The maximum absolute atomic E-state index is 12.7. The third-order valence-electron chi connectivity index (χ3n) is 3.82. The van der Waals surface area contributed by atoms with Gasteiger partial charge in [-0.3, -0.25) is 4.72 Å². The summed E-state index contributed by atoms with van der Waals surface area (Å²) in [5.41, 5.74) is 1.58. The number of nitrogens with one attached hydrogen (secondary N) is 1. The van der Waals surface area contributed by atoms with Crippen molar-refractivity contribution in [3.8, 4) is 17.6 Å². The molecule has 3 rings (SSSR count). The molecule has 0 aliphatic carbocycles. The zero-order chi connectivity index (χ0) is 18.0. The van der Waals surface area contributed by atoms with Gasteiger partial charge < -0.3 is 9.47 Å². The minimum absolute atomic E-state index is 0.0174. The number of nitrogens with zero attached hydrogens (tertiary/aromatic N) is 1. The molecular weight excluding hydrogens is 340 g/mol. The first kappa shape index (κ1) is 17.1. The molecule has 1 aliphatic heterocycles. The summed E-state index contributed by atoms with van der Waals surface area (Å²) in [5, 5.41) is 8.96. The average molecular weight is 358 g/mol. The molecule has 0 aromatic heterocycles. The molecule has 0 bridgehead atoms. The fourth-order valence-electron chi connectivity index (χ4n) is 2.73. The van der Waals surface area contributed by atoms with Gasteiger partial charge in [-0.15, -0.1) is 0 Å². The van der Waals surface area contributed by atoms with Gasteiger partial charge in [0.25, 0.3) is 10.0 Å². The van der Waals surface area contributed by atoms with Crippen LogP contribution in [0, 0.1) is 11.3 Å². The number of ether oxygens (including phenoxy) is 2. The lowest BCUT2D eigenvalue weighted by Crippen LogP contribution is -2.14. The maximum atomic E-state index is 12.7. The number of anilines is 1. The predicted molar refractivity (Wildman–Crippen MR) is 93.4 cm³/mol. The molecule has 0 radical (unpaired) electrons. The highest BCUT2D eigenvalue weighted by Gasteiger charge is 2.24. The number of nitriles is 1.